The number of rotatable bonds is 6. The molecule has 0 aromatic rings. The first kappa shape index (κ1) is 18.0. The number of nitrogens with zero attached hydrogens (tertiary/aromatic N) is 1. The largest absolute Gasteiger partial charge is 0.353 e. The van der Waals surface area contributed by atoms with Gasteiger partial charge in [-0.05, 0) is 32.6 Å². The molecule has 6 heteroatoms. The second kappa shape index (κ2) is 7.47. The van der Waals surface area contributed by atoms with Gasteiger partial charge in [0.05, 0.1) is 9.49 Å². The Balaban J connectivity index is 1.81. The second-order valence-electron chi connectivity index (χ2n) is 6.62. The quantitative estimate of drug-likeness (QED) is 0.648. The summed E-state index contributed by atoms with van der Waals surface area (Å²) in [5, 5.41) is 2.95. The highest BCUT2D eigenvalue weighted by Crippen LogP contribution is 2.37. The minimum atomic E-state index is -0.503. The molecule has 0 spiro atoms. The van der Waals surface area contributed by atoms with Crippen molar-refractivity contribution < 1.29 is 9.59 Å². The molecule has 2 rings (SSSR count). The molecule has 0 aromatic heterocycles. The smallest absolute Gasteiger partial charge is 0.238 e. The summed E-state index contributed by atoms with van der Waals surface area (Å²) in [6, 6.07) is 0. The number of likely N-dealkylation sites (N-methyl/N-ethyl adjacent to an activating group) is 1. The van der Waals surface area contributed by atoms with Crippen molar-refractivity contribution in [3.05, 3.63) is 0 Å². The fourth-order valence-electron chi connectivity index (χ4n) is 3.53. The number of nitrogens with one attached hydrogen (secondary N) is 1. The molecule has 2 amide bonds. The van der Waals surface area contributed by atoms with Crippen LogP contribution in [-0.4, -0.2) is 45.8 Å². The lowest BCUT2D eigenvalue weighted by molar-refractivity contribution is -0.134. The van der Waals surface area contributed by atoms with Crippen molar-refractivity contribution in [2.75, 3.05) is 19.6 Å². The van der Waals surface area contributed by atoms with E-state index in [9.17, 15) is 9.59 Å². The molecule has 1 N–H and O–H groups in total. The van der Waals surface area contributed by atoms with Crippen molar-refractivity contribution in [1.29, 1.82) is 0 Å². The fourth-order valence-corrected chi connectivity index (χ4v) is 4.38. The summed E-state index contributed by atoms with van der Waals surface area (Å²) in [6.45, 7) is 3.67. The summed E-state index contributed by atoms with van der Waals surface area (Å²) in [5.41, 5.74) is 0. The Kier molecular flexibility index (Phi) is 6.11. The van der Waals surface area contributed by atoms with Crippen LogP contribution in [0, 0.1) is 0 Å². The SMILES string of the molecule is CCN(CCNC(=O)C1(S)CCCC1)C(=O)C1(S)CCCC1. The van der Waals surface area contributed by atoms with Gasteiger partial charge in [0.25, 0.3) is 0 Å². The first-order chi connectivity index (χ1) is 10.4. The van der Waals surface area contributed by atoms with Gasteiger partial charge in [-0.2, -0.15) is 25.3 Å². The zero-order chi connectivity index (χ0) is 16.2. The molecule has 0 aromatic carbocycles. The molecule has 22 heavy (non-hydrogen) atoms. The predicted molar refractivity (Wildman–Crippen MR) is 95.6 cm³/mol. The normalized spacial score (nSPS) is 22.5. The van der Waals surface area contributed by atoms with Crippen molar-refractivity contribution in [2.24, 2.45) is 0 Å². The van der Waals surface area contributed by atoms with Crippen LogP contribution in [0.4, 0.5) is 0 Å². The molecule has 0 atom stereocenters. The van der Waals surface area contributed by atoms with E-state index < -0.39 is 9.49 Å². The van der Waals surface area contributed by atoms with E-state index in [-0.39, 0.29) is 11.8 Å². The van der Waals surface area contributed by atoms with Crippen LogP contribution in [0.15, 0.2) is 0 Å². The van der Waals surface area contributed by atoms with Gasteiger partial charge in [0.15, 0.2) is 0 Å². The third kappa shape index (κ3) is 3.94. The molecular weight excluding hydrogens is 316 g/mol. The molecule has 0 bridgehead atoms. The first-order valence-corrected chi connectivity index (χ1v) is 9.33. The molecule has 0 unspecified atom stereocenters. The molecule has 2 saturated carbocycles. The Bertz CT molecular complexity index is 416. The second-order valence-corrected chi connectivity index (χ2v) is 8.33. The average molecular weight is 345 g/mol. The molecule has 0 saturated heterocycles. The summed E-state index contributed by atoms with van der Waals surface area (Å²) in [4.78, 5) is 26.7. The topological polar surface area (TPSA) is 49.4 Å². The van der Waals surface area contributed by atoms with Crippen LogP contribution in [0.25, 0.3) is 0 Å². The van der Waals surface area contributed by atoms with Crippen molar-refractivity contribution in [2.45, 2.75) is 67.8 Å². The van der Waals surface area contributed by atoms with Crippen LogP contribution < -0.4 is 5.32 Å². The Morgan fingerprint density at radius 2 is 1.50 bits per heavy atom. The maximum absolute atomic E-state index is 12.6. The molecular formula is C16H28N2O2S2. The minimum Gasteiger partial charge on any atom is -0.353 e. The molecule has 0 radical (unpaired) electrons. The zero-order valence-electron chi connectivity index (χ0n) is 13.4. The van der Waals surface area contributed by atoms with Crippen LogP contribution in [-0.2, 0) is 9.59 Å². The van der Waals surface area contributed by atoms with E-state index in [1.807, 2.05) is 11.8 Å². The van der Waals surface area contributed by atoms with E-state index in [2.05, 4.69) is 30.6 Å². The molecule has 2 aliphatic rings. The van der Waals surface area contributed by atoms with Gasteiger partial charge in [-0.15, -0.1) is 0 Å². The molecule has 2 fully saturated rings. The Morgan fingerprint density at radius 3 is 2.00 bits per heavy atom. The van der Waals surface area contributed by atoms with Gasteiger partial charge in [-0.25, -0.2) is 0 Å². The lowest BCUT2D eigenvalue weighted by atomic mass is 10.1. The van der Waals surface area contributed by atoms with Gasteiger partial charge in [0.1, 0.15) is 0 Å². The van der Waals surface area contributed by atoms with Gasteiger partial charge in [-0.1, -0.05) is 25.7 Å². The number of carbonyl (C=O) groups excluding carboxylic acids is 2. The summed E-state index contributed by atoms with van der Waals surface area (Å²) in [5.74, 6) is 0.129. The number of carbonyl (C=O) groups is 2. The van der Waals surface area contributed by atoms with E-state index in [0.717, 1.165) is 51.4 Å². The maximum Gasteiger partial charge on any atom is 0.238 e. The third-order valence-electron chi connectivity index (χ3n) is 5.02. The summed E-state index contributed by atoms with van der Waals surface area (Å²) < 4.78 is -0.993. The van der Waals surface area contributed by atoms with Crippen molar-refractivity contribution in [1.82, 2.24) is 10.2 Å². The van der Waals surface area contributed by atoms with E-state index in [0.29, 0.717) is 19.6 Å². The minimum absolute atomic E-state index is 0.0123. The molecule has 2 aliphatic carbocycles. The molecule has 4 nitrogen and oxygen atoms in total. The zero-order valence-corrected chi connectivity index (χ0v) is 15.2. The number of hydrogen-bond acceptors (Lipinski definition) is 4. The fraction of sp³-hybridized carbons (Fsp3) is 0.875. The first-order valence-electron chi connectivity index (χ1n) is 8.44. The van der Waals surface area contributed by atoms with Gasteiger partial charge in [0.2, 0.25) is 11.8 Å². The van der Waals surface area contributed by atoms with Gasteiger partial charge in [0, 0.05) is 19.6 Å². The highest BCUT2D eigenvalue weighted by molar-refractivity contribution is 7.83. The number of amides is 2. The van der Waals surface area contributed by atoms with Gasteiger partial charge in [-0.3, -0.25) is 9.59 Å². The van der Waals surface area contributed by atoms with Crippen LogP contribution in [0.1, 0.15) is 58.3 Å². The Hall–Kier alpha value is -0.360. The van der Waals surface area contributed by atoms with Gasteiger partial charge >= 0.3 is 0 Å². The van der Waals surface area contributed by atoms with E-state index in [1.165, 1.54) is 0 Å². The summed E-state index contributed by atoms with van der Waals surface area (Å²) in [6.07, 6.45) is 7.69. The van der Waals surface area contributed by atoms with Crippen molar-refractivity contribution >= 4 is 37.1 Å². The van der Waals surface area contributed by atoms with Gasteiger partial charge < -0.3 is 10.2 Å². The van der Waals surface area contributed by atoms with Crippen LogP contribution in [0.5, 0.6) is 0 Å². The monoisotopic (exact) mass is 344 g/mol. The van der Waals surface area contributed by atoms with E-state index in [1.54, 1.807) is 0 Å². The summed E-state index contributed by atoms with van der Waals surface area (Å²) in [7, 11) is 0. The molecule has 0 aliphatic heterocycles. The molecule has 0 heterocycles. The van der Waals surface area contributed by atoms with Crippen LogP contribution in [0.2, 0.25) is 0 Å². The predicted octanol–water partition coefficient (Wildman–Crippen LogP) is 2.44. The highest BCUT2D eigenvalue weighted by Gasteiger charge is 2.40. The lowest BCUT2D eigenvalue weighted by Crippen LogP contribution is -2.48. The summed E-state index contributed by atoms with van der Waals surface area (Å²) >= 11 is 9.17. The highest BCUT2D eigenvalue weighted by atomic mass is 32.1. The average Bonchev–Trinajstić information content (AvgIpc) is 3.13. The number of hydrogen-bond donors (Lipinski definition) is 3. The standard InChI is InChI=1S/C16H28N2O2S2/c1-2-18(14(20)16(22)9-5-6-10-16)12-11-17-13(19)15(21)7-3-4-8-15/h21-22H,2-12H2,1H3,(H,17,19). The van der Waals surface area contributed by atoms with E-state index in [4.69, 9.17) is 0 Å². The van der Waals surface area contributed by atoms with E-state index >= 15 is 0 Å². The maximum atomic E-state index is 12.6. The lowest BCUT2D eigenvalue weighted by Gasteiger charge is -2.30. The third-order valence-corrected chi connectivity index (χ3v) is 6.31. The van der Waals surface area contributed by atoms with Crippen molar-refractivity contribution in [3.63, 3.8) is 0 Å². The Morgan fingerprint density at radius 1 is 1.00 bits per heavy atom. The van der Waals surface area contributed by atoms with Crippen LogP contribution >= 0.6 is 25.3 Å². The van der Waals surface area contributed by atoms with Crippen LogP contribution in [0.3, 0.4) is 0 Å². The molecule has 126 valence electrons. The Labute approximate surface area is 144 Å². The number of thiol groups is 2. The van der Waals surface area contributed by atoms with Crippen molar-refractivity contribution in [3.8, 4) is 0 Å².